The Hall–Kier alpha value is -2.06. The first-order chi connectivity index (χ1) is 7.82. The molecule has 0 aliphatic carbocycles. The summed E-state index contributed by atoms with van der Waals surface area (Å²) in [6.45, 7) is 0. The van der Waals surface area contributed by atoms with Crippen LogP contribution in [0.1, 0.15) is 20.7 Å². The van der Waals surface area contributed by atoms with Crippen molar-refractivity contribution in [3.8, 4) is 5.75 Å². The van der Waals surface area contributed by atoms with Gasteiger partial charge in [0.15, 0.2) is 11.6 Å². The molecule has 0 bridgehead atoms. The molecule has 0 atom stereocenters. The summed E-state index contributed by atoms with van der Waals surface area (Å²) in [5.41, 5.74) is -4.08. The maximum Gasteiger partial charge on any atom is 0.337 e. The number of carbonyl (C=O) groups excluding carboxylic acids is 2. The van der Waals surface area contributed by atoms with Crippen LogP contribution in [0.15, 0.2) is 0 Å². The first-order valence-electron chi connectivity index (χ1n) is 3.71. The Kier molecular flexibility index (Phi) is 3.39. The highest BCUT2D eigenvalue weighted by atomic mass is 19.3. The molecule has 17 heavy (non-hydrogen) atoms. The van der Waals surface area contributed by atoms with Crippen molar-refractivity contribution in [3.63, 3.8) is 0 Å². The molecule has 9 heteroatoms. The Morgan fingerprint density at radius 2 is 1.29 bits per heavy atom. The lowest BCUT2D eigenvalue weighted by Gasteiger charge is -2.07. The highest BCUT2D eigenvalue weighted by Crippen LogP contribution is 2.33. The summed E-state index contributed by atoms with van der Waals surface area (Å²) in [5.74, 6) is -9.39. The number of hydrogen-bond acceptors (Lipinski definition) is 3. The molecule has 0 fully saturated rings. The van der Waals surface area contributed by atoms with Gasteiger partial charge in [-0.05, 0) is 0 Å². The fourth-order valence-electron chi connectivity index (χ4n) is 1.08. The van der Waals surface area contributed by atoms with Crippen molar-refractivity contribution in [2.75, 3.05) is 0 Å². The van der Waals surface area contributed by atoms with Gasteiger partial charge in [0.25, 0.3) is 0 Å². The van der Waals surface area contributed by atoms with E-state index in [1.165, 1.54) is 0 Å². The maximum absolute atomic E-state index is 12.9. The summed E-state index contributed by atoms with van der Waals surface area (Å²) in [5, 5.41) is 0. The Labute approximate surface area is 88.5 Å². The first-order valence-corrected chi connectivity index (χ1v) is 3.71. The van der Waals surface area contributed by atoms with Crippen LogP contribution in [0.5, 0.6) is 5.75 Å². The standard InChI is InChI=1S/C8F6O3/c9-3-1(7(12)15)2(8(13)16)6(17-14)5(11)4(3)10. The Balaban J connectivity index is 3.86. The van der Waals surface area contributed by atoms with Gasteiger partial charge in [0.1, 0.15) is 11.1 Å². The summed E-state index contributed by atoms with van der Waals surface area (Å²) in [7, 11) is 0. The second kappa shape index (κ2) is 4.44. The minimum Gasteiger partial charge on any atom is -0.290 e. The van der Waals surface area contributed by atoms with Gasteiger partial charge in [-0.3, -0.25) is 14.5 Å². The van der Waals surface area contributed by atoms with E-state index in [1.54, 1.807) is 0 Å². The van der Waals surface area contributed by atoms with Crippen LogP contribution in [0.2, 0.25) is 0 Å². The van der Waals surface area contributed by atoms with Gasteiger partial charge in [-0.25, -0.2) is 8.78 Å². The smallest absolute Gasteiger partial charge is 0.290 e. The van der Waals surface area contributed by atoms with Gasteiger partial charge in [0, 0.05) is 4.53 Å². The molecule has 1 aromatic rings. The predicted octanol–water partition coefficient (Wildman–Crippen LogP) is 2.59. The van der Waals surface area contributed by atoms with Crippen molar-refractivity contribution < 1.29 is 41.0 Å². The van der Waals surface area contributed by atoms with Gasteiger partial charge in [-0.1, -0.05) is 0 Å². The van der Waals surface area contributed by atoms with Crippen LogP contribution in [-0.4, -0.2) is 12.1 Å². The fraction of sp³-hybridized carbons (Fsp3) is 0. The third-order valence-corrected chi connectivity index (χ3v) is 1.75. The van der Waals surface area contributed by atoms with E-state index in [9.17, 15) is 36.1 Å². The van der Waals surface area contributed by atoms with Gasteiger partial charge in [0.2, 0.25) is 11.6 Å². The van der Waals surface area contributed by atoms with E-state index in [4.69, 9.17) is 0 Å². The summed E-state index contributed by atoms with van der Waals surface area (Å²) in [6.07, 6.45) is 0. The van der Waals surface area contributed by atoms with Crippen LogP contribution in [0.4, 0.5) is 26.5 Å². The maximum atomic E-state index is 12.9. The van der Waals surface area contributed by atoms with Crippen molar-refractivity contribution >= 4 is 12.1 Å². The Morgan fingerprint density at radius 1 is 0.824 bits per heavy atom. The average molecular weight is 258 g/mol. The molecule has 1 aromatic carbocycles. The van der Waals surface area contributed by atoms with E-state index in [1.807, 2.05) is 0 Å². The zero-order valence-electron chi connectivity index (χ0n) is 7.49. The Morgan fingerprint density at radius 3 is 1.65 bits per heavy atom. The molecule has 0 spiro atoms. The summed E-state index contributed by atoms with van der Waals surface area (Å²) >= 11 is 0. The van der Waals surface area contributed by atoms with Crippen LogP contribution in [0, 0.1) is 17.5 Å². The predicted molar refractivity (Wildman–Crippen MR) is 38.9 cm³/mol. The molecule has 0 saturated carbocycles. The summed E-state index contributed by atoms with van der Waals surface area (Å²) in [4.78, 5) is 23.1. The Bertz CT molecular complexity index is 513. The number of benzene rings is 1. The van der Waals surface area contributed by atoms with Crippen LogP contribution in [-0.2, 0) is 0 Å². The lowest BCUT2D eigenvalue weighted by atomic mass is 10.1. The van der Waals surface area contributed by atoms with E-state index in [2.05, 4.69) is 4.94 Å². The van der Waals surface area contributed by atoms with Crippen molar-refractivity contribution in [1.82, 2.24) is 0 Å². The third-order valence-electron chi connectivity index (χ3n) is 1.75. The summed E-state index contributed by atoms with van der Waals surface area (Å²) in [6, 6.07) is -5.56. The fourth-order valence-corrected chi connectivity index (χ4v) is 1.08. The molecule has 0 aliphatic rings. The lowest BCUT2D eigenvalue weighted by Crippen LogP contribution is -2.12. The van der Waals surface area contributed by atoms with Crippen molar-refractivity contribution in [2.24, 2.45) is 0 Å². The largest absolute Gasteiger partial charge is 0.337 e. The van der Waals surface area contributed by atoms with Crippen molar-refractivity contribution in [3.05, 3.63) is 28.6 Å². The molecule has 0 unspecified atom stereocenters. The van der Waals surface area contributed by atoms with Crippen LogP contribution in [0.25, 0.3) is 0 Å². The molecule has 0 radical (unpaired) electrons. The summed E-state index contributed by atoms with van der Waals surface area (Å²) < 4.78 is 74.8. The molecular weight excluding hydrogens is 258 g/mol. The molecule has 3 nitrogen and oxygen atoms in total. The van der Waals surface area contributed by atoms with Crippen molar-refractivity contribution in [1.29, 1.82) is 0 Å². The van der Waals surface area contributed by atoms with Crippen LogP contribution in [0.3, 0.4) is 0 Å². The molecular formula is C8F6O3. The minimum atomic E-state index is -2.79. The van der Waals surface area contributed by atoms with Crippen LogP contribution < -0.4 is 4.94 Å². The molecule has 1 rings (SSSR count). The highest BCUT2D eigenvalue weighted by molar-refractivity contribution is 6.04. The molecule has 0 heterocycles. The first kappa shape index (κ1) is 13.0. The second-order valence-electron chi connectivity index (χ2n) is 2.65. The number of hydrogen-bond donors (Lipinski definition) is 0. The van der Waals surface area contributed by atoms with E-state index in [0.29, 0.717) is 0 Å². The minimum absolute atomic E-state index is 2.00. The molecule has 0 amide bonds. The van der Waals surface area contributed by atoms with E-state index >= 15 is 0 Å². The monoisotopic (exact) mass is 258 g/mol. The quantitative estimate of drug-likeness (QED) is 0.475. The van der Waals surface area contributed by atoms with E-state index in [0.717, 1.165) is 0 Å². The molecule has 0 aliphatic heterocycles. The molecule has 92 valence electrons. The number of rotatable bonds is 3. The molecule has 0 N–H and O–H groups in total. The van der Waals surface area contributed by atoms with E-state index in [-0.39, 0.29) is 0 Å². The van der Waals surface area contributed by atoms with Gasteiger partial charge in [-0.15, -0.1) is 0 Å². The van der Waals surface area contributed by atoms with Crippen molar-refractivity contribution in [2.45, 2.75) is 0 Å². The molecule has 0 aromatic heterocycles. The average Bonchev–Trinajstić information content (AvgIpc) is 2.24. The number of halogens is 6. The van der Waals surface area contributed by atoms with Gasteiger partial charge in [-0.2, -0.15) is 13.2 Å². The van der Waals surface area contributed by atoms with E-state index < -0.39 is 46.4 Å². The normalized spacial score (nSPS) is 10.2. The topological polar surface area (TPSA) is 43.4 Å². The lowest BCUT2D eigenvalue weighted by molar-refractivity contribution is -0.0130. The van der Waals surface area contributed by atoms with Gasteiger partial charge in [0.05, 0.1) is 0 Å². The van der Waals surface area contributed by atoms with Gasteiger partial charge < -0.3 is 0 Å². The molecule has 0 saturated heterocycles. The highest BCUT2D eigenvalue weighted by Gasteiger charge is 2.34. The third kappa shape index (κ3) is 1.95. The van der Waals surface area contributed by atoms with Gasteiger partial charge >= 0.3 is 12.1 Å². The zero-order chi connectivity index (χ0) is 13.3. The SMILES string of the molecule is O=C(F)c1c(F)c(F)c(F)c(OF)c1C(=O)F. The second-order valence-corrected chi connectivity index (χ2v) is 2.65. The zero-order valence-corrected chi connectivity index (χ0v) is 7.49. The van der Waals surface area contributed by atoms with Crippen LogP contribution >= 0.6 is 0 Å². The number of carbonyl (C=O) groups is 2.